The fourth-order valence-electron chi connectivity index (χ4n) is 4.48. The first-order valence-electron chi connectivity index (χ1n) is 10.6. The van der Waals surface area contributed by atoms with Crippen LogP contribution in [0.5, 0.6) is 0 Å². The van der Waals surface area contributed by atoms with E-state index in [-0.39, 0.29) is 11.7 Å². The van der Waals surface area contributed by atoms with Crippen LogP contribution in [0.1, 0.15) is 34.3 Å². The third-order valence-corrected chi connectivity index (χ3v) is 6.48. The maximum atomic E-state index is 13.2. The average Bonchev–Trinajstić information content (AvgIpc) is 2.71. The zero-order valence-corrected chi connectivity index (χ0v) is 18.9. The Balaban J connectivity index is 1.69. The van der Waals surface area contributed by atoms with Crippen molar-refractivity contribution in [1.29, 1.82) is 0 Å². The largest absolute Gasteiger partial charge is 0.385 e. The second-order valence-corrected chi connectivity index (χ2v) is 9.13. The van der Waals surface area contributed by atoms with Gasteiger partial charge in [-0.1, -0.05) is 29.8 Å². The lowest BCUT2D eigenvalue weighted by molar-refractivity contribution is -0.0846. The van der Waals surface area contributed by atoms with E-state index >= 15 is 0 Å². The molecule has 0 saturated carbocycles. The number of benzene rings is 2. The minimum atomic E-state index is -1.02. The fourth-order valence-corrected chi connectivity index (χ4v) is 4.74. The monoisotopic (exact) mass is 447 g/mol. The van der Waals surface area contributed by atoms with Crippen molar-refractivity contribution in [2.75, 3.05) is 40.3 Å². The number of amides is 1. The van der Waals surface area contributed by atoms with Gasteiger partial charge in [-0.25, -0.2) is 4.39 Å². The molecule has 0 aliphatic carbocycles. The molecule has 168 valence electrons. The van der Waals surface area contributed by atoms with Crippen LogP contribution in [0, 0.1) is 11.7 Å². The molecule has 2 atom stereocenters. The minimum Gasteiger partial charge on any atom is -0.385 e. The maximum Gasteiger partial charge on any atom is 0.248 e. The van der Waals surface area contributed by atoms with Crippen molar-refractivity contribution in [1.82, 2.24) is 9.80 Å². The van der Waals surface area contributed by atoms with E-state index in [0.717, 1.165) is 50.1 Å². The Morgan fingerprint density at radius 2 is 2.10 bits per heavy atom. The van der Waals surface area contributed by atoms with Gasteiger partial charge in [0.15, 0.2) is 0 Å². The Morgan fingerprint density at radius 3 is 2.77 bits per heavy atom. The zero-order chi connectivity index (χ0) is 22.6. The number of hydrogen-bond donors (Lipinski definition) is 2. The third-order valence-electron chi connectivity index (χ3n) is 6.13. The number of likely N-dealkylation sites (tertiary alicyclic amines) is 1. The topological polar surface area (TPSA) is 69.8 Å². The van der Waals surface area contributed by atoms with Gasteiger partial charge < -0.3 is 20.6 Å². The van der Waals surface area contributed by atoms with Crippen LogP contribution in [0.15, 0.2) is 42.5 Å². The Hall–Kier alpha value is -1.99. The summed E-state index contributed by atoms with van der Waals surface area (Å²) in [7, 11) is 3.99. The summed E-state index contributed by atoms with van der Waals surface area (Å²) in [6, 6.07) is 11.6. The van der Waals surface area contributed by atoms with Gasteiger partial charge >= 0.3 is 0 Å². The first-order valence-corrected chi connectivity index (χ1v) is 11.0. The maximum absolute atomic E-state index is 13.2. The molecular formula is C24H31ClFN3O2. The lowest BCUT2D eigenvalue weighted by atomic mass is 9.75. The van der Waals surface area contributed by atoms with Gasteiger partial charge in [0, 0.05) is 36.1 Å². The predicted molar refractivity (Wildman–Crippen MR) is 122 cm³/mol. The molecule has 0 bridgehead atoms. The van der Waals surface area contributed by atoms with Crippen LogP contribution < -0.4 is 5.73 Å². The summed E-state index contributed by atoms with van der Waals surface area (Å²) in [5.41, 5.74) is 6.53. The summed E-state index contributed by atoms with van der Waals surface area (Å²) in [4.78, 5) is 16.1. The van der Waals surface area contributed by atoms with Gasteiger partial charge in [-0.2, -0.15) is 0 Å². The number of nitrogens with zero attached hydrogens (tertiary/aromatic N) is 2. The van der Waals surface area contributed by atoms with Gasteiger partial charge in [0.2, 0.25) is 5.91 Å². The van der Waals surface area contributed by atoms with Crippen molar-refractivity contribution in [2.24, 2.45) is 11.7 Å². The Morgan fingerprint density at radius 1 is 1.32 bits per heavy atom. The number of nitrogens with two attached hydrogens (primary N) is 1. The van der Waals surface area contributed by atoms with E-state index in [2.05, 4.69) is 9.80 Å². The smallest absolute Gasteiger partial charge is 0.248 e. The first-order chi connectivity index (χ1) is 14.7. The lowest BCUT2D eigenvalue weighted by Crippen LogP contribution is -2.53. The van der Waals surface area contributed by atoms with Gasteiger partial charge in [0.25, 0.3) is 0 Å². The Kier molecular flexibility index (Phi) is 7.70. The second-order valence-electron chi connectivity index (χ2n) is 8.72. The van der Waals surface area contributed by atoms with Gasteiger partial charge in [0.1, 0.15) is 5.82 Å². The Bertz CT molecular complexity index is 923. The van der Waals surface area contributed by atoms with E-state index < -0.39 is 11.5 Å². The van der Waals surface area contributed by atoms with Crippen LogP contribution in [0.2, 0.25) is 5.02 Å². The molecule has 1 fully saturated rings. The molecule has 1 amide bonds. The summed E-state index contributed by atoms with van der Waals surface area (Å²) >= 11 is 6.15. The molecule has 0 aromatic heterocycles. The fraction of sp³-hybridized carbons (Fsp3) is 0.458. The van der Waals surface area contributed by atoms with Crippen LogP contribution in [0.4, 0.5) is 4.39 Å². The molecule has 1 saturated heterocycles. The molecule has 2 aromatic rings. The molecule has 0 radical (unpaired) electrons. The van der Waals surface area contributed by atoms with Gasteiger partial charge in [-0.05, 0) is 75.3 Å². The van der Waals surface area contributed by atoms with Crippen LogP contribution >= 0.6 is 11.6 Å². The Labute approximate surface area is 188 Å². The molecule has 0 spiro atoms. The van der Waals surface area contributed by atoms with Crippen LogP contribution in [-0.2, 0) is 12.0 Å². The normalized spacial score (nSPS) is 22.1. The molecule has 3 rings (SSSR count). The summed E-state index contributed by atoms with van der Waals surface area (Å²) in [5.74, 6) is -0.837. The van der Waals surface area contributed by atoms with Crippen LogP contribution in [0.25, 0.3) is 0 Å². The molecule has 2 aromatic carbocycles. The van der Waals surface area contributed by atoms with Crippen molar-refractivity contribution in [2.45, 2.75) is 24.9 Å². The highest BCUT2D eigenvalue weighted by molar-refractivity contribution is 6.31. The first kappa shape index (κ1) is 23.7. The van der Waals surface area contributed by atoms with Crippen molar-refractivity contribution < 1.29 is 14.3 Å². The molecule has 31 heavy (non-hydrogen) atoms. The molecule has 1 aliphatic rings. The number of aliphatic hydroxyl groups is 1. The highest BCUT2D eigenvalue weighted by Gasteiger charge is 2.43. The van der Waals surface area contributed by atoms with E-state index in [1.165, 1.54) is 12.1 Å². The minimum absolute atomic E-state index is 0.0196. The second kappa shape index (κ2) is 10.1. The van der Waals surface area contributed by atoms with Crippen molar-refractivity contribution in [3.05, 3.63) is 70.0 Å². The van der Waals surface area contributed by atoms with Crippen molar-refractivity contribution >= 4 is 17.5 Å². The molecular weight excluding hydrogens is 417 g/mol. The summed E-state index contributed by atoms with van der Waals surface area (Å²) in [5, 5.41) is 12.1. The molecule has 7 heteroatoms. The number of aryl methyl sites for hydroxylation is 1. The number of halogens is 2. The number of rotatable bonds is 8. The van der Waals surface area contributed by atoms with E-state index in [1.807, 2.05) is 20.2 Å². The summed E-state index contributed by atoms with van der Waals surface area (Å²) in [6.07, 6.45) is 2.25. The lowest BCUT2D eigenvalue weighted by Gasteiger charge is -2.46. The quantitative estimate of drug-likeness (QED) is 0.651. The van der Waals surface area contributed by atoms with Crippen LogP contribution in [-0.4, -0.2) is 61.1 Å². The van der Waals surface area contributed by atoms with Crippen molar-refractivity contribution in [3.63, 3.8) is 0 Å². The number of primary amides is 1. The zero-order valence-electron chi connectivity index (χ0n) is 18.2. The molecule has 1 aliphatic heterocycles. The summed E-state index contributed by atoms with van der Waals surface area (Å²) < 4.78 is 13.2. The highest BCUT2D eigenvalue weighted by atomic mass is 35.5. The molecule has 5 nitrogen and oxygen atoms in total. The van der Waals surface area contributed by atoms with E-state index in [4.69, 9.17) is 17.3 Å². The average molecular weight is 448 g/mol. The van der Waals surface area contributed by atoms with Gasteiger partial charge in [-0.15, -0.1) is 0 Å². The SMILES string of the molecule is CN(C)CC1CN(CCCc2ccc(F)cc2Cl)CCC1(O)c1cccc(C(N)=O)c1. The standard InChI is InChI=1S/C24H31ClFN3O2/c1-28(2)15-20-16-29(11-4-6-17-8-9-21(26)14-22(17)25)12-10-24(20,31)19-7-3-5-18(13-19)23(27)30/h3,5,7-9,13-14,20,31H,4,6,10-12,15-16H2,1-2H3,(H2,27,30). The predicted octanol–water partition coefficient (Wildman–Crippen LogP) is 3.28. The number of hydrogen-bond acceptors (Lipinski definition) is 4. The van der Waals surface area contributed by atoms with E-state index in [1.54, 1.807) is 24.3 Å². The van der Waals surface area contributed by atoms with E-state index in [9.17, 15) is 14.3 Å². The van der Waals surface area contributed by atoms with Gasteiger partial charge in [-0.3, -0.25) is 4.79 Å². The molecule has 2 unspecified atom stereocenters. The molecule has 3 N–H and O–H groups in total. The van der Waals surface area contributed by atoms with Gasteiger partial charge in [0.05, 0.1) is 5.60 Å². The third kappa shape index (κ3) is 5.83. The van der Waals surface area contributed by atoms with E-state index in [0.29, 0.717) is 17.0 Å². The highest BCUT2D eigenvalue weighted by Crippen LogP contribution is 2.38. The molecule has 1 heterocycles. The number of carbonyl (C=O) groups excluding carboxylic acids is 1. The number of piperidine rings is 1. The van der Waals surface area contributed by atoms with Crippen molar-refractivity contribution in [3.8, 4) is 0 Å². The number of carbonyl (C=O) groups is 1. The summed E-state index contributed by atoms with van der Waals surface area (Å²) in [6.45, 7) is 3.08. The van der Waals surface area contributed by atoms with Crippen LogP contribution in [0.3, 0.4) is 0 Å².